The second kappa shape index (κ2) is 12.0. The lowest BCUT2D eigenvalue weighted by molar-refractivity contribution is -0.149. The van der Waals surface area contributed by atoms with Crippen molar-refractivity contribution in [1.82, 2.24) is 15.0 Å². The van der Waals surface area contributed by atoms with Gasteiger partial charge in [0.15, 0.2) is 11.4 Å². The van der Waals surface area contributed by atoms with E-state index in [1.807, 2.05) is 30.3 Å². The first-order valence-corrected chi connectivity index (χ1v) is 13.5. The van der Waals surface area contributed by atoms with Crippen LogP contribution in [0.5, 0.6) is 0 Å². The number of rotatable bonds is 8. The van der Waals surface area contributed by atoms with Crippen molar-refractivity contribution in [2.45, 2.75) is 50.5 Å². The number of nitrogens with one attached hydrogen (secondary N) is 1. The van der Waals surface area contributed by atoms with Gasteiger partial charge in [-0.25, -0.2) is 24.0 Å². The van der Waals surface area contributed by atoms with Gasteiger partial charge >= 0.3 is 18.0 Å². The molecular weight excluding hydrogens is 532 g/mol. The highest BCUT2D eigenvalue weighted by molar-refractivity contribution is 5.89. The third-order valence-electron chi connectivity index (χ3n) is 7.32. The molecule has 12 nitrogen and oxygen atoms in total. The maximum atomic E-state index is 13.6. The highest BCUT2D eigenvalue weighted by Gasteiger charge is 2.61. The summed E-state index contributed by atoms with van der Waals surface area (Å²) in [5, 5.41) is 4.62. The molecule has 3 atom stereocenters. The molecule has 1 saturated heterocycles. The van der Waals surface area contributed by atoms with Crippen LogP contribution >= 0.6 is 0 Å². The molecule has 1 N–H and O–H groups in total. The minimum atomic E-state index is -1.13. The number of carbonyl (C=O) groups excluding carboxylic acids is 3. The number of aromatic nitrogens is 2. The van der Waals surface area contributed by atoms with Crippen LogP contribution in [0, 0.1) is 0 Å². The van der Waals surface area contributed by atoms with E-state index in [1.165, 1.54) is 11.8 Å². The largest absolute Gasteiger partial charge is 0.467 e. The molecule has 41 heavy (non-hydrogen) atoms. The van der Waals surface area contributed by atoms with Crippen molar-refractivity contribution in [3.05, 3.63) is 76.3 Å². The Kier molecular flexibility index (Phi) is 8.20. The molecular formula is C29H32N4O8. The van der Waals surface area contributed by atoms with Gasteiger partial charge in [-0.1, -0.05) is 42.5 Å². The smallest absolute Gasteiger partial charge is 0.408 e. The lowest BCUT2D eigenvalue weighted by Gasteiger charge is -2.25. The molecule has 5 rings (SSSR count). The molecule has 2 aromatic carbocycles. The fraction of sp³-hybridized carbons (Fsp3) is 0.414. The first-order valence-electron chi connectivity index (χ1n) is 13.5. The van der Waals surface area contributed by atoms with Gasteiger partial charge in [-0.05, 0) is 43.9 Å². The summed E-state index contributed by atoms with van der Waals surface area (Å²) < 4.78 is 22.9. The number of hydrogen-bond donors (Lipinski definition) is 1. The van der Waals surface area contributed by atoms with Crippen LogP contribution in [0.15, 0.2) is 59.4 Å². The number of nitrogens with zero attached hydrogens (tertiary/aromatic N) is 3. The Morgan fingerprint density at radius 1 is 1.12 bits per heavy atom. The van der Waals surface area contributed by atoms with Crippen LogP contribution in [0.3, 0.4) is 0 Å². The molecule has 3 heterocycles. The number of carbonyl (C=O) groups is 3. The summed E-state index contributed by atoms with van der Waals surface area (Å²) in [5.74, 6) is -0.740. The summed E-state index contributed by atoms with van der Waals surface area (Å²) in [4.78, 5) is 56.5. The number of para-hydroxylation sites is 1. The molecule has 3 aromatic rings. The molecule has 1 aromatic heterocycles. The number of alkyl carbamates (subject to hydrolysis) is 1. The van der Waals surface area contributed by atoms with Crippen molar-refractivity contribution in [3.8, 4) is 0 Å². The fourth-order valence-electron chi connectivity index (χ4n) is 5.06. The number of esters is 2. The van der Waals surface area contributed by atoms with Gasteiger partial charge in [0.25, 0.3) is 5.56 Å². The van der Waals surface area contributed by atoms with Crippen LogP contribution in [0.2, 0.25) is 0 Å². The van der Waals surface area contributed by atoms with E-state index in [0.717, 1.165) is 5.56 Å². The molecule has 0 aliphatic carbocycles. The van der Waals surface area contributed by atoms with Gasteiger partial charge in [0.2, 0.25) is 0 Å². The zero-order valence-corrected chi connectivity index (χ0v) is 22.9. The van der Waals surface area contributed by atoms with E-state index < -0.39 is 35.7 Å². The van der Waals surface area contributed by atoms with Gasteiger partial charge in [0, 0.05) is 0 Å². The third kappa shape index (κ3) is 5.87. The summed E-state index contributed by atoms with van der Waals surface area (Å²) in [6.07, 6.45) is -0.527. The summed E-state index contributed by atoms with van der Waals surface area (Å²) >= 11 is 0. The number of benzene rings is 2. The second-order valence-electron chi connectivity index (χ2n) is 10.0. The normalized spacial score (nSPS) is 20.7. The minimum absolute atomic E-state index is 0.0451. The Balaban J connectivity index is 1.32. The highest BCUT2D eigenvalue weighted by Crippen LogP contribution is 2.38. The Morgan fingerprint density at radius 3 is 2.66 bits per heavy atom. The summed E-state index contributed by atoms with van der Waals surface area (Å²) in [7, 11) is 1.23. The molecule has 0 bridgehead atoms. The first-order chi connectivity index (χ1) is 19.8. The predicted octanol–water partition coefficient (Wildman–Crippen LogP) is 2.36. The molecule has 0 spiro atoms. The van der Waals surface area contributed by atoms with Crippen molar-refractivity contribution in [1.29, 1.82) is 0 Å². The van der Waals surface area contributed by atoms with Crippen LogP contribution < -0.4 is 15.9 Å². The van der Waals surface area contributed by atoms with Crippen LogP contribution in [0.1, 0.15) is 43.7 Å². The van der Waals surface area contributed by atoms with Gasteiger partial charge in [-0.3, -0.25) is 9.80 Å². The first kappa shape index (κ1) is 28.1. The molecule has 2 aliphatic rings. The Hall–Kier alpha value is -4.45. The van der Waals surface area contributed by atoms with E-state index in [1.54, 1.807) is 36.2 Å². The van der Waals surface area contributed by atoms with Crippen LogP contribution in [-0.4, -0.2) is 66.1 Å². The lowest BCUT2D eigenvalue weighted by Crippen LogP contribution is -2.44. The molecule has 1 amide bonds. The fourth-order valence-corrected chi connectivity index (χ4v) is 5.06. The number of hydrogen-bond acceptors (Lipinski definition) is 10. The van der Waals surface area contributed by atoms with Gasteiger partial charge < -0.3 is 24.3 Å². The average Bonchev–Trinajstić information content (AvgIpc) is 3.72. The lowest BCUT2D eigenvalue weighted by atomic mass is 9.99. The molecule has 0 saturated carbocycles. The maximum Gasteiger partial charge on any atom is 0.408 e. The van der Waals surface area contributed by atoms with Gasteiger partial charge in [-0.15, -0.1) is 0 Å². The van der Waals surface area contributed by atoms with Crippen molar-refractivity contribution >= 4 is 28.9 Å². The molecule has 0 radical (unpaired) electrons. The van der Waals surface area contributed by atoms with Gasteiger partial charge in [0.1, 0.15) is 25.4 Å². The van der Waals surface area contributed by atoms with Crippen molar-refractivity contribution in [2.24, 2.45) is 0 Å². The minimum Gasteiger partial charge on any atom is -0.467 e. The van der Waals surface area contributed by atoms with E-state index in [-0.39, 0.29) is 44.8 Å². The van der Waals surface area contributed by atoms with Crippen molar-refractivity contribution < 1.29 is 33.3 Å². The second-order valence-corrected chi connectivity index (χ2v) is 10.0. The van der Waals surface area contributed by atoms with Gasteiger partial charge in [0.05, 0.1) is 31.2 Å². The Morgan fingerprint density at radius 2 is 1.88 bits per heavy atom. The summed E-state index contributed by atoms with van der Waals surface area (Å²) in [5.41, 5.74) is -0.102. The van der Waals surface area contributed by atoms with Crippen LogP contribution in [0.4, 0.5) is 4.79 Å². The number of amides is 1. The quantitative estimate of drug-likeness (QED) is 0.247. The summed E-state index contributed by atoms with van der Waals surface area (Å²) in [6.45, 7) is 2.26. The van der Waals surface area contributed by atoms with E-state index >= 15 is 0 Å². The van der Waals surface area contributed by atoms with Crippen LogP contribution in [0.25, 0.3) is 10.9 Å². The third-order valence-corrected chi connectivity index (χ3v) is 7.32. The molecule has 1 fully saturated rings. The van der Waals surface area contributed by atoms with E-state index in [9.17, 15) is 19.2 Å². The molecule has 216 valence electrons. The average molecular weight is 565 g/mol. The SMILES string of the molecule is COC(=O)[C@H](CCC[C@@]12CN1n1c(nc3ccccc3c1=O)[C@H](C)OCCOC2=O)NC(=O)OCc1ccccc1. The van der Waals surface area contributed by atoms with Crippen LogP contribution in [-0.2, 0) is 35.1 Å². The number of fused-ring (bicyclic) bond motifs is 4. The van der Waals surface area contributed by atoms with Gasteiger partial charge in [-0.2, -0.15) is 0 Å². The van der Waals surface area contributed by atoms with Crippen molar-refractivity contribution in [2.75, 3.05) is 31.9 Å². The highest BCUT2D eigenvalue weighted by atomic mass is 16.6. The zero-order chi connectivity index (χ0) is 29.0. The van der Waals surface area contributed by atoms with E-state index in [2.05, 4.69) is 5.32 Å². The Labute approximate surface area is 236 Å². The van der Waals surface area contributed by atoms with E-state index in [0.29, 0.717) is 23.1 Å². The molecule has 2 aliphatic heterocycles. The topological polar surface area (TPSA) is 138 Å². The van der Waals surface area contributed by atoms with E-state index in [4.69, 9.17) is 23.9 Å². The molecule has 12 heteroatoms. The monoisotopic (exact) mass is 564 g/mol. The Bertz CT molecular complexity index is 1490. The number of ether oxygens (including phenoxy) is 4. The van der Waals surface area contributed by atoms with Crippen molar-refractivity contribution in [3.63, 3.8) is 0 Å². The number of cyclic esters (lactones) is 1. The predicted molar refractivity (Wildman–Crippen MR) is 147 cm³/mol. The maximum absolute atomic E-state index is 13.6. The zero-order valence-electron chi connectivity index (χ0n) is 22.9. The molecule has 0 unspecified atom stereocenters. The standard InChI is InChI=1S/C29H32N4O8/c1-19-24-30-22-12-7-6-11-21(22)25(34)33(24)32-18-29(32,27(36)40-16-15-39-19)14-8-13-23(26(35)38-2)31-28(37)41-17-20-9-4-3-5-10-20/h3-7,9-12,19,23H,8,13-18H2,1-2H3,(H,31,37)/t19-,23-,29-,32?/m0/s1. The summed E-state index contributed by atoms with van der Waals surface area (Å²) in [6, 6.07) is 15.2. The number of methoxy groups -OCH3 is 1.